The van der Waals surface area contributed by atoms with Crippen LogP contribution in [0.2, 0.25) is 0 Å². The lowest BCUT2D eigenvalue weighted by Gasteiger charge is -2.17. The smallest absolute Gasteiger partial charge is 0.266 e. The topological polar surface area (TPSA) is 60.4 Å². The number of carbonyl (C=O) groups is 1. The highest BCUT2D eigenvalue weighted by atomic mass is 32.2. The number of amides is 1. The molecule has 1 amide bonds. The lowest BCUT2D eigenvalue weighted by Crippen LogP contribution is -2.32. The highest BCUT2D eigenvalue weighted by Gasteiger charge is 2.33. The molecule has 39 heavy (non-hydrogen) atoms. The van der Waals surface area contributed by atoms with Gasteiger partial charge in [0, 0.05) is 12.7 Å². The Hall–Kier alpha value is -3.81. The van der Waals surface area contributed by atoms with Crippen molar-refractivity contribution < 1.29 is 19.0 Å². The third kappa shape index (κ3) is 7.40. The van der Waals surface area contributed by atoms with Crippen molar-refractivity contribution in [2.75, 3.05) is 26.9 Å². The average molecular weight is 543 g/mol. The maximum Gasteiger partial charge on any atom is 0.266 e. The van der Waals surface area contributed by atoms with Gasteiger partial charge in [-0.15, -0.1) is 6.58 Å². The van der Waals surface area contributed by atoms with Gasteiger partial charge in [0.25, 0.3) is 5.91 Å². The van der Waals surface area contributed by atoms with Crippen LogP contribution in [0.4, 0.5) is 5.69 Å². The first kappa shape index (κ1) is 28.2. The van der Waals surface area contributed by atoms with Crippen LogP contribution in [0.3, 0.4) is 0 Å². The van der Waals surface area contributed by atoms with Gasteiger partial charge in [-0.1, -0.05) is 54.1 Å². The monoisotopic (exact) mass is 542 g/mol. The van der Waals surface area contributed by atoms with E-state index >= 15 is 0 Å². The van der Waals surface area contributed by atoms with Gasteiger partial charge in [0.15, 0.2) is 16.7 Å². The summed E-state index contributed by atoms with van der Waals surface area (Å²) in [6.07, 6.45) is 4.33. The van der Waals surface area contributed by atoms with E-state index in [9.17, 15) is 4.79 Å². The normalized spacial score (nSPS) is 15.3. The van der Waals surface area contributed by atoms with Gasteiger partial charge in [0.05, 0.1) is 30.4 Å². The van der Waals surface area contributed by atoms with Crippen molar-refractivity contribution >= 4 is 34.6 Å². The first-order valence-corrected chi connectivity index (χ1v) is 13.8. The van der Waals surface area contributed by atoms with Gasteiger partial charge in [-0.25, -0.2) is 4.99 Å². The zero-order valence-electron chi connectivity index (χ0n) is 22.7. The fraction of sp³-hybridized carbons (Fsp3) is 0.250. The average Bonchev–Trinajstić information content (AvgIpc) is 3.22. The number of amidine groups is 1. The molecular weight excluding hydrogens is 508 g/mol. The molecule has 0 spiro atoms. The van der Waals surface area contributed by atoms with Crippen molar-refractivity contribution in [2.45, 2.75) is 26.9 Å². The molecule has 1 aliphatic heterocycles. The summed E-state index contributed by atoms with van der Waals surface area (Å²) >= 11 is 1.36. The minimum Gasteiger partial charge on any atom is -0.490 e. The zero-order chi connectivity index (χ0) is 27.6. The molecule has 1 fully saturated rings. The van der Waals surface area contributed by atoms with Gasteiger partial charge in [-0.05, 0) is 73.5 Å². The maximum atomic E-state index is 13.4. The maximum absolute atomic E-state index is 13.4. The van der Waals surface area contributed by atoms with Gasteiger partial charge in [-0.3, -0.25) is 9.69 Å². The molecule has 3 aromatic rings. The van der Waals surface area contributed by atoms with E-state index in [1.807, 2.05) is 61.5 Å². The van der Waals surface area contributed by atoms with E-state index in [-0.39, 0.29) is 5.91 Å². The molecule has 0 aliphatic carbocycles. The fourth-order valence-electron chi connectivity index (χ4n) is 4.08. The highest BCUT2D eigenvalue weighted by molar-refractivity contribution is 8.18. The molecule has 0 radical (unpaired) electrons. The number of aryl methyl sites for hydroxylation is 1. The number of aliphatic imine (C=N–C) groups is 1. The third-order valence-corrected chi connectivity index (χ3v) is 7.01. The van der Waals surface area contributed by atoms with Crippen LogP contribution < -0.4 is 9.47 Å². The van der Waals surface area contributed by atoms with E-state index in [1.54, 1.807) is 12.0 Å². The minimum atomic E-state index is -0.102. The number of allylic oxidation sites excluding steroid dienone is 1. The van der Waals surface area contributed by atoms with Crippen LogP contribution in [0.5, 0.6) is 11.5 Å². The quantitative estimate of drug-likeness (QED) is 0.183. The van der Waals surface area contributed by atoms with Gasteiger partial charge < -0.3 is 14.2 Å². The predicted octanol–water partition coefficient (Wildman–Crippen LogP) is 6.95. The van der Waals surface area contributed by atoms with Crippen molar-refractivity contribution in [1.29, 1.82) is 0 Å². The number of methoxy groups -OCH3 is 1. The van der Waals surface area contributed by atoms with Crippen molar-refractivity contribution in [3.05, 3.63) is 107 Å². The zero-order valence-corrected chi connectivity index (χ0v) is 23.5. The van der Waals surface area contributed by atoms with Gasteiger partial charge >= 0.3 is 0 Å². The summed E-state index contributed by atoms with van der Waals surface area (Å²) in [6.45, 7) is 9.68. The molecule has 202 valence electrons. The molecule has 4 rings (SSSR count). The van der Waals surface area contributed by atoms with E-state index in [0.29, 0.717) is 54.4 Å². The third-order valence-electron chi connectivity index (χ3n) is 6.01. The number of hydrogen-bond acceptors (Lipinski definition) is 6. The molecule has 1 aliphatic rings. The first-order valence-electron chi connectivity index (χ1n) is 13.0. The summed E-state index contributed by atoms with van der Waals surface area (Å²) in [5.74, 6) is 1.23. The molecule has 6 nitrogen and oxygen atoms in total. The van der Waals surface area contributed by atoms with E-state index in [4.69, 9.17) is 19.2 Å². The summed E-state index contributed by atoms with van der Waals surface area (Å²) < 4.78 is 17.5. The Morgan fingerprint density at radius 2 is 1.82 bits per heavy atom. The Morgan fingerprint density at radius 3 is 2.51 bits per heavy atom. The van der Waals surface area contributed by atoms with Crippen LogP contribution in [-0.2, 0) is 22.6 Å². The summed E-state index contributed by atoms with van der Waals surface area (Å²) in [5, 5.41) is 0.629. The van der Waals surface area contributed by atoms with Gasteiger partial charge in [0.2, 0.25) is 0 Å². The molecular formula is C32H34N2O4S. The number of para-hydroxylation sites is 1. The lowest BCUT2D eigenvalue weighted by molar-refractivity contribution is -0.122. The first-order chi connectivity index (χ1) is 19.0. The number of thioether (sulfide) groups is 1. The molecule has 1 saturated heterocycles. The standard InChI is InChI=1S/C32H34N2O4S/c1-5-10-26-19-25(20-28(37-6-2)30(26)38-22-24-15-13-23(3)14-16-24)21-29-31(35)34(17-18-36-4)32(39-29)33-27-11-8-7-9-12-27/h5,7-9,11-16,19-21H,1,6,10,17-18,22H2,2-4H3. The number of ether oxygens (including phenoxy) is 3. The van der Waals surface area contributed by atoms with Crippen LogP contribution in [0.1, 0.15) is 29.2 Å². The largest absolute Gasteiger partial charge is 0.490 e. The number of nitrogens with zero attached hydrogens (tertiary/aromatic N) is 2. The van der Waals surface area contributed by atoms with Crippen LogP contribution in [0, 0.1) is 6.92 Å². The Kier molecular flexibility index (Phi) is 10.00. The SMILES string of the molecule is C=CCc1cc(C=C2SC(=Nc3ccccc3)N(CCOC)C2=O)cc(OCC)c1OCc1ccc(C)cc1. The summed E-state index contributed by atoms with van der Waals surface area (Å²) in [7, 11) is 1.62. The molecule has 0 bridgehead atoms. The number of rotatable bonds is 12. The number of carbonyl (C=O) groups excluding carboxylic acids is 1. The second-order valence-corrected chi connectivity index (χ2v) is 10.0. The van der Waals surface area contributed by atoms with Crippen molar-refractivity contribution in [2.24, 2.45) is 4.99 Å². The molecule has 0 unspecified atom stereocenters. The lowest BCUT2D eigenvalue weighted by atomic mass is 10.0. The van der Waals surface area contributed by atoms with Crippen LogP contribution in [-0.4, -0.2) is 42.8 Å². The highest BCUT2D eigenvalue weighted by Crippen LogP contribution is 2.38. The molecule has 7 heteroatoms. The molecule has 3 aromatic carbocycles. The Balaban J connectivity index is 1.67. The van der Waals surface area contributed by atoms with E-state index in [2.05, 4.69) is 37.8 Å². The minimum absolute atomic E-state index is 0.102. The van der Waals surface area contributed by atoms with Crippen molar-refractivity contribution in [1.82, 2.24) is 4.90 Å². The Morgan fingerprint density at radius 1 is 1.05 bits per heavy atom. The molecule has 0 atom stereocenters. The Labute approximate surface area is 235 Å². The van der Waals surface area contributed by atoms with Crippen molar-refractivity contribution in [3.63, 3.8) is 0 Å². The summed E-state index contributed by atoms with van der Waals surface area (Å²) in [5.41, 5.74) is 4.86. The summed E-state index contributed by atoms with van der Waals surface area (Å²) in [6, 6.07) is 21.9. The van der Waals surface area contributed by atoms with Gasteiger partial charge in [-0.2, -0.15) is 0 Å². The van der Waals surface area contributed by atoms with E-state index in [1.165, 1.54) is 17.3 Å². The van der Waals surface area contributed by atoms with Crippen molar-refractivity contribution in [3.8, 4) is 11.5 Å². The Bertz CT molecular complexity index is 1350. The number of benzene rings is 3. The van der Waals surface area contributed by atoms with E-state index < -0.39 is 0 Å². The summed E-state index contributed by atoms with van der Waals surface area (Å²) in [4.78, 5) is 20.4. The van der Waals surface area contributed by atoms with Crippen LogP contribution in [0.15, 0.2) is 89.3 Å². The van der Waals surface area contributed by atoms with Crippen LogP contribution in [0.25, 0.3) is 6.08 Å². The van der Waals surface area contributed by atoms with E-state index in [0.717, 1.165) is 22.4 Å². The molecule has 0 saturated carbocycles. The molecule has 0 N–H and O–H groups in total. The fourth-order valence-corrected chi connectivity index (χ4v) is 5.10. The predicted molar refractivity (Wildman–Crippen MR) is 160 cm³/mol. The second-order valence-electron chi connectivity index (χ2n) is 9.00. The number of hydrogen-bond donors (Lipinski definition) is 0. The molecule has 1 heterocycles. The van der Waals surface area contributed by atoms with Crippen LogP contribution >= 0.6 is 11.8 Å². The second kappa shape index (κ2) is 13.8. The van der Waals surface area contributed by atoms with Gasteiger partial charge in [0.1, 0.15) is 6.61 Å². The molecule has 0 aromatic heterocycles.